The summed E-state index contributed by atoms with van der Waals surface area (Å²) in [5, 5.41) is 0. The fourth-order valence-electron chi connectivity index (χ4n) is 0. The minimum absolute atomic E-state index is 0. The second kappa shape index (κ2) is 34.4. The van der Waals surface area contributed by atoms with Gasteiger partial charge in [0.25, 0.3) is 0 Å². The van der Waals surface area contributed by atoms with E-state index in [1.165, 1.54) is 0 Å². The van der Waals surface area contributed by atoms with E-state index in [1.54, 1.807) is 0 Å². The summed E-state index contributed by atoms with van der Waals surface area (Å²) in [5.41, 5.74) is 0. The Morgan fingerprint density at radius 2 is 1.00 bits per heavy atom. The predicted octanol–water partition coefficient (Wildman–Crippen LogP) is 0.626. The normalized spacial score (nSPS) is 0. The van der Waals surface area contributed by atoms with Crippen molar-refractivity contribution in [3.8, 4) is 0 Å². The standard InChI is InChI=1S/CH4.Co.Cr.Mo.Ni/h1H4;;;;. The Hall–Kier alpha value is 2.22. The maximum Gasteiger partial charge on any atom is 0 e. The van der Waals surface area contributed by atoms with Gasteiger partial charge in [0.2, 0.25) is 0 Å². The fraction of sp³-hybridized carbons (Fsp3) is 1.00. The molecule has 0 heterocycles. The first-order valence-corrected chi connectivity index (χ1v) is 0. The minimum atomic E-state index is 0. The van der Waals surface area contributed by atoms with Crippen LogP contribution in [0, 0.1) is 0 Å². The van der Waals surface area contributed by atoms with Crippen LogP contribution in [0.4, 0.5) is 0 Å². The summed E-state index contributed by atoms with van der Waals surface area (Å²) < 4.78 is 0. The zero-order valence-corrected chi connectivity index (χ0v) is 6.78. The number of rotatable bonds is 0. The van der Waals surface area contributed by atoms with Crippen molar-refractivity contribution in [2.75, 3.05) is 0 Å². The topological polar surface area (TPSA) is 0 Å². The summed E-state index contributed by atoms with van der Waals surface area (Å²) >= 11 is 0. The summed E-state index contributed by atoms with van der Waals surface area (Å²) in [4.78, 5) is 0. The molecule has 0 aromatic rings. The molecule has 0 bridgehead atoms. The molecular formula is CH4CoCrMoNi. The summed E-state index contributed by atoms with van der Waals surface area (Å²) in [6.45, 7) is 0. The Balaban J connectivity index is 0. The summed E-state index contributed by atoms with van der Waals surface area (Å²) in [6.07, 6.45) is 0. The van der Waals surface area contributed by atoms with E-state index < -0.39 is 0 Å². The molecule has 0 unspecified atom stereocenters. The zero-order chi connectivity index (χ0) is 0. The minimum Gasteiger partial charge on any atom is -0.0776 e. The molecule has 5 heavy (non-hydrogen) atoms. The van der Waals surface area contributed by atoms with Gasteiger partial charge < -0.3 is 0 Å². The van der Waals surface area contributed by atoms with Crippen LogP contribution in [0.15, 0.2) is 0 Å². The monoisotopic (exact) mass is 283 g/mol. The largest absolute Gasteiger partial charge is 0.0776 e. The summed E-state index contributed by atoms with van der Waals surface area (Å²) in [6, 6.07) is 0. The van der Waals surface area contributed by atoms with Crippen LogP contribution in [0.3, 0.4) is 0 Å². The van der Waals surface area contributed by atoms with Gasteiger partial charge in [-0.15, -0.1) is 0 Å². The van der Waals surface area contributed by atoms with Crippen molar-refractivity contribution in [3.05, 3.63) is 0 Å². The number of hydrogen-bond acceptors (Lipinski definition) is 0. The molecule has 0 saturated heterocycles. The molecule has 4 heteroatoms. The molecule has 0 N–H and O–H groups in total. The van der Waals surface area contributed by atoms with Crippen molar-refractivity contribution in [3.63, 3.8) is 0 Å². The van der Waals surface area contributed by atoms with Crippen molar-refractivity contribution in [2.24, 2.45) is 0 Å². The van der Waals surface area contributed by atoms with Crippen molar-refractivity contribution in [2.45, 2.75) is 7.43 Å². The molecule has 0 amide bonds. The average molecular weight is 282 g/mol. The molecule has 0 rings (SSSR count). The summed E-state index contributed by atoms with van der Waals surface area (Å²) in [7, 11) is 0. The molecule has 0 aromatic carbocycles. The molecule has 1 radical (unpaired) electrons. The van der Waals surface area contributed by atoms with E-state index in [1.807, 2.05) is 0 Å². The third-order valence-corrected chi connectivity index (χ3v) is 0. The van der Waals surface area contributed by atoms with Crippen LogP contribution in [-0.2, 0) is 71.7 Å². The van der Waals surface area contributed by atoms with Crippen LogP contribution in [0.25, 0.3) is 0 Å². The molecule has 0 atom stereocenters. The number of hydrogen-bond donors (Lipinski definition) is 0. The van der Waals surface area contributed by atoms with Gasteiger partial charge >= 0.3 is 0 Å². The van der Waals surface area contributed by atoms with Crippen LogP contribution < -0.4 is 0 Å². The summed E-state index contributed by atoms with van der Waals surface area (Å²) in [5.74, 6) is 0. The van der Waals surface area contributed by atoms with E-state index in [2.05, 4.69) is 0 Å². The van der Waals surface area contributed by atoms with Gasteiger partial charge in [-0.2, -0.15) is 0 Å². The Bertz CT molecular complexity index is 11.6. The van der Waals surface area contributed by atoms with Crippen molar-refractivity contribution in [1.29, 1.82) is 0 Å². The first kappa shape index (κ1) is 56.7. The molecule has 0 spiro atoms. The van der Waals surface area contributed by atoms with Crippen molar-refractivity contribution < 1.29 is 71.7 Å². The van der Waals surface area contributed by atoms with Gasteiger partial charge in [0.05, 0.1) is 0 Å². The van der Waals surface area contributed by atoms with Crippen LogP contribution in [0.5, 0.6) is 0 Å². The second-order valence-corrected chi connectivity index (χ2v) is 0. The first-order valence-electron chi connectivity index (χ1n) is 0. The Kier molecular flexibility index (Phi) is 390. The Morgan fingerprint density at radius 1 is 1.00 bits per heavy atom. The van der Waals surface area contributed by atoms with Gasteiger partial charge in [-0.05, 0) is 0 Å². The third kappa shape index (κ3) is 22.5. The molecule has 0 saturated carbocycles. The molecule has 0 aliphatic heterocycles. The molecule has 0 aliphatic carbocycles. The van der Waals surface area contributed by atoms with E-state index >= 15 is 0 Å². The smallest absolute Gasteiger partial charge is 0 e. The second-order valence-electron chi connectivity index (χ2n) is 0. The maximum absolute atomic E-state index is 0. The van der Waals surface area contributed by atoms with Gasteiger partial charge in [-0.3, -0.25) is 0 Å². The molecule has 0 nitrogen and oxygen atoms in total. The molecule has 0 fully saturated rings. The van der Waals surface area contributed by atoms with Crippen LogP contribution in [0.1, 0.15) is 7.43 Å². The maximum atomic E-state index is 0. The fourth-order valence-corrected chi connectivity index (χ4v) is 0. The SMILES string of the molecule is C.[Co].[Cr].[Mo].[Ni]. The van der Waals surface area contributed by atoms with Crippen molar-refractivity contribution in [1.82, 2.24) is 0 Å². The zero-order valence-electron chi connectivity index (χ0n) is 1.47. The molecule has 0 aliphatic rings. The van der Waals surface area contributed by atoms with E-state index in [-0.39, 0.29) is 79.1 Å². The van der Waals surface area contributed by atoms with Crippen LogP contribution in [0.2, 0.25) is 0 Å². The van der Waals surface area contributed by atoms with Gasteiger partial charge in [0.1, 0.15) is 0 Å². The quantitative estimate of drug-likeness (QED) is 0.571. The van der Waals surface area contributed by atoms with Gasteiger partial charge in [-0.25, -0.2) is 0 Å². The van der Waals surface area contributed by atoms with Gasteiger partial charge in [-0.1, -0.05) is 7.43 Å². The average Bonchev–Trinajstić information content (AvgIpc) is 0. The molecular weight excluding hydrogens is 278 g/mol. The van der Waals surface area contributed by atoms with Gasteiger partial charge in [0, 0.05) is 71.7 Å². The van der Waals surface area contributed by atoms with E-state index in [0.717, 1.165) is 0 Å². The molecule has 0 aromatic heterocycles. The van der Waals surface area contributed by atoms with Crippen LogP contribution in [-0.4, -0.2) is 0 Å². The third-order valence-electron chi connectivity index (χ3n) is 0. The Morgan fingerprint density at radius 3 is 1.00 bits per heavy atom. The van der Waals surface area contributed by atoms with E-state index in [0.29, 0.717) is 0 Å². The first-order chi connectivity index (χ1) is 0. The van der Waals surface area contributed by atoms with E-state index in [4.69, 9.17) is 0 Å². The molecule has 39 valence electrons. The van der Waals surface area contributed by atoms with Gasteiger partial charge in [0.15, 0.2) is 0 Å². The van der Waals surface area contributed by atoms with Crippen LogP contribution >= 0.6 is 0 Å². The Labute approximate surface area is 78.4 Å². The van der Waals surface area contributed by atoms with Crippen molar-refractivity contribution >= 4 is 0 Å². The van der Waals surface area contributed by atoms with E-state index in [9.17, 15) is 0 Å². The predicted molar refractivity (Wildman–Crippen MR) is 6.73 cm³/mol.